The van der Waals surface area contributed by atoms with E-state index in [0.717, 1.165) is 17.9 Å². The Morgan fingerprint density at radius 3 is 3.05 bits per heavy atom. The predicted molar refractivity (Wildman–Crippen MR) is 75.0 cm³/mol. The maximum Gasteiger partial charge on any atom is 0.189 e. The van der Waals surface area contributed by atoms with Gasteiger partial charge in [-0.2, -0.15) is 0 Å². The second kappa shape index (κ2) is 6.52. The van der Waals surface area contributed by atoms with E-state index in [1.165, 1.54) is 19.3 Å². The lowest BCUT2D eigenvalue weighted by atomic mass is 10.1. The Balaban J connectivity index is 1.97. The zero-order chi connectivity index (χ0) is 13.7. The van der Waals surface area contributed by atoms with Crippen LogP contribution >= 0.6 is 0 Å². The number of aromatic nitrogens is 1. The summed E-state index contributed by atoms with van der Waals surface area (Å²) in [6, 6.07) is 4.36. The second-order valence-corrected chi connectivity index (χ2v) is 5.16. The van der Waals surface area contributed by atoms with Gasteiger partial charge in [0.1, 0.15) is 5.69 Å². The first-order valence-corrected chi connectivity index (χ1v) is 6.89. The number of hydrogen-bond donors (Lipinski definition) is 3. The van der Waals surface area contributed by atoms with E-state index in [1.807, 2.05) is 12.1 Å². The zero-order valence-electron chi connectivity index (χ0n) is 11.3. The molecule has 1 aliphatic rings. The van der Waals surface area contributed by atoms with Crippen molar-refractivity contribution in [3.63, 3.8) is 0 Å². The number of pyridine rings is 1. The van der Waals surface area contributed by atoms with Crippen LogP contribution in [0.2, 0.25) is 0 Å². The van der Waals surface area contributed by atoms with Gasteiger partial charge in [-0.1, -0.05) is 31.0 Å². The SMILES string of the molecule is CCC(CC1CC1)NCc1cccnc1C(N)=NO. The highest BCUT2D eigenvalue weighted by Crippen LogP contribution is 2.34. The highest BCUT2D eigenvalue weighted by molar-refractivity contribution is 5.96. The third-order valence-electron chi connectivity index (χ3n) is 3.63. The molecule has 104 valence electrons. The molecule has 5 heteroatoms. The number of nitrogens with one attached hydrogen (secondary N) is 1. The van der Waals surface area contributed by atoms with Gasteiger partial charge in [0.05, 0.1) is 0 Å². The largest absolute Gasteiger partial charge is 0.409 e. The Hall–Kier alpha value is -1.62. The van der Waals surface area contributed by atoms with Crippen LogP contribution in [-0.2, 0) is 6.54 Å². The van der Waals surface area contributed by atoms with Crippen molar-refractivity contribution in [1.29, 1.82) is 0 Å². The monoisotopic (exact) mass is 262 g/mol. The molecule has 1 aliphatic carbocycles. The molecule has 19 heavy (non-hydrogen) atoms. The van der Waals surface area contributed by atoms with E-state index < -0.39 is 0 Å². The number of amidine groups is 1. The molecule has 1 unspecified atom stereocenters. The predicted octanol–water partition coefficient (Wildman–Crippen LogP) is 1.84. The summed E-state index contributed by atoms with van der Waals surface area (Å²) < 4.78 is 0. The standard InChI is InChI=1S/C14H22N4O/c1-2-12(8-10-5-6-10)17-9-11-4-3-7-16-13(11)14(15)18-19/h3-4,7,10,12,17,19H,2,5-6,8-9H2,1H3,(H2,15,18). The molecule has 1 atom stereocenters. The molecular formula is C14H22N4O. The van der Waals surface area contributed by atoms with Gasteiger partial charge >= 0.3 is 0 Å². The molecule has 1 saturated carbocycles. The summed E-state index contributed by atoms with van der Waals surface area (Å²) in [4.78, 5) is 4.17. The van der Waals surface area contributed by atoms with Crippen LogP contribution in [0.4, 0.5) is 0 Å². The molecule has 5 nitrogen and oxygen atoms in total. The summed E-state index contributed by atoms with van der Waals surface area (Å²) in [6.45, 7) is 2.90. The number of nitrogens with zero attached hydrogens (tertiary/aromatic N) is 2. The van der Waals surface area contributed by atoms with Crippen molar-refractivity contribution in [3.8, 4) is 0 Å². The Morgan fingerprint density at radius 1 is 1.63 bits per heavy atom. The fraction of sp³-hybridized carbons (Fsp3) is 0.571. The molecule has 0 saturated heterocycles. The third-order valence-corrected chi connectivity index (χ3v) is 3.63. The fourth-order valence-corrected chi connectivity index (χ4v) is 2.26. The first-order valence-electron chi connectivity index (χ1n) is 6.89. The van der Waals surface area contributed by atoms with Gasteiger partial charge < -0.3 is 16.3 Å². The molecular weight excluding hydrogens is 240 g/mol. The molecule has 0 spiro atoms. The van der Waals surface area contributed by atoms with E-state index in [2.05, 4.69) is 22.4 Å². The molecule has 4 N–H and O–H groups in total. The number of rotatable bonds is 7. The summed E-state index contributed by atoms with van der Waals surface area (Å²) in [6.07, 6.45) is 6.77. The van der Waals surface area contributed by atoms with Gasteiger partial charge in [0, 0.05) is 18.8 Å². The average molecular weight is 262 g/mol. The smallest absolute Gasteiger partial charge is 0.189 e. The molecule has 0 amide bonds. The molecule has 0 radical (unpaired) electrons. The second-order valence-electron chi connectivity index (χ2n) is 5.16. The average Bonchev–Trinajstić information content (AvgIpc) is 3.26. The van der Waals surface area contributed by atoms with E-state index >= 15 is 0 Å². The van der Waals surface area contributed by atoms with Gasteiger partial charge in [-0.05, 0) is 30.4 Å². The molecule has 2 rings (SSSR count). The minimum Gasteiger partial charge on any atom is -0.409 e. The third kappa shape index (κ3) is 3.92. The maximum absolute atomic E-state index is 8.77. The topological polar surface area (TPSA) is 83.5 Å². The lowest BCUT2D eigenvalue weighted by Gasteiger charge is -2.17. The van der Waals surface area contributed by atoms with Gasteiger partial charge in [-0.3, -0.25) is 4.98 Å². The highest BCUT2D eigenvalue weighted by Gasteiger charge is 2.24. The van der Waals surface area contributed by atoms with E-state index in [1.54, 1.807) is 6.20 Å². The van der Waals surface area contributed by atoms with Crippen molar-refractivity contribution in [2.45, 2.75) is 45.2 Å². The van der Waals surface area contributed by atoms with Crippen LogP contribution in [0.5, 0.6) is 0 Å². The van der Waals surface area contributed by atoms with Crippen LogP contribution in [0.1, 0.15) is 43.9 Å². The molecule has 1 fully saturated rings. The summed E-state index contributed by atoms with van der Waals surface area (Å²) >= 11 is 0. The van der Waals surface area contributed by atoms with Crippen LogP contribution in [0, 0.1) is 5.92 Å². The quantitative estimate of drug-likeness (QED) is 0.303. The number of hydrogen-bond acceptors (Lipinski definition) is 4. The van der Waals surface area contributed by atoms with Crippen molar-refractivity contribution in [2.75, 3.05) is 0 Å². The normalized spacial score (nSPS) is 17.4. The van der Waals surface area contributed by atoms with Gasteiger partial charge in [0.15, 0.2) is 5.84 Å². The van der Waals surface area contributed by atoms with Gasteiger partial charge in [0.25, 0.3) is 0 Å². The van der Waals surface area contributed by atoms with E-state index in [0.29, 0.717) is 18.3 Å². The summed E-state index contributed by atoms with van der Waals surface area (Å²) in [5, 5.41) is 15.3. The zero-order valence-corrected chi connectivity index (χ0v) is 11.3. The van der Waals surface area contributed by atoms with Gasteiger partial charge in [-0.15, -0.1) is 0 Å². The van der Waals surface area contributed by atoms with Crippen LogP contribution in [0.3, 0.4) is 0 Å². The minimum absolute atomic E-state index is 0.0626. The molecule has 1 heterocycles. The van der Waals surface area contributed by atoms with Crippen molar-refractivity contribution in [2.24, 2.45) is 16.8 Å². The first-order chi connectivity index (χ1) is 9.24. The summed E-state index contributed by atoms with van der Waals surface area (Å²) in [7, 11) is 0. The van der Waals surface area contributed by atoms with E-state index in [9.17, 15) is 0 Å². The summed E-state index contributed by atoms with van der Waals surface area (Å²) in [5.41, 5.74) is 7.15. The lowest BCUT2D eigenvalue weighted by molar-refractivity contribution is 0.318. The van der Waals surface area contributed by atoms with Crippen molar-refractivity contribution in [1.82, 2.24) is 10.3 Å². The van der Waals surface area contributed by atoms with E-state index in [4.69, 9.17) is 10.9 Å². The van der Waals surface area contributed by atoms with Crippen molar-refractivity contribution < 1.29 is 5.21 Å². The maximum atomic E-state index is 8.77. The molecule has 1 aromatic rings. The van der Waals surface area contributed by atoms with Crippen LogP contribution in [0.25, 0.3) is 0 Å². The summed E-state index contributed by atoms with van der Waals surface area (Å²) in [5.74, 6) is 0.975. The minimum atomic E-state index is 0.0626. The highest BCUT2D eigenvalue weighted by atomic mass is 16.4. The Morgan fingerprint density at radius 2 is 2.42 bits per heavy atom. The Bertz CT molecular complexity index is 443. The molecule has 1 aromatic heterocycles. The molecule has 0 aliphatic heterocycles. The van der Waals surface area contributed by atoms with Gasteiger partial charge in [-0.25, -0.2) is 0 Å². The van der Waals surface area contributed by atoms with Crippen LogP contribution < -0.4 is 11.1 Å². The van der Waals surface area contributed by atoms with Crippen LogP contribution in [0.15, 0.2) is 23.5 Å². The van der Waals surface area contributed by atoms with Gasteiger partial charge in [0.2, 0.25) is 0 Å². The number of nitrogens with two attached hydrogens (primary N) is 1. The molecule has 0 bridgehead atoms. The lowest BCUT2D eigenvalue weighted by Crippen LogP contribution is -2.30. The van der Waals surface area contributed by atoms with E-state index in [-0.39, 0.29) is 5.84 Å². The first kappa shape index (κ1) is 13.8. The Kier molecular flexibility index (Phi) is 4.74. The van der Waals surface area contributed by atoms with Crippen molar-refractivity contribution >= 4 is 5.84 Å². The fourth-order valence-electron chi connectivity index (χ4n) is 2.26. The Labute approximate surface area is 113 Å². The van der Waals surface area contributed by atoms with Crippen LogP contribution in [-0.4, -0.2) is 22.1 Å². The number of oxime groups is 1. The van der Waals surface area contributed by atoms with Crippen molar-refractivity contribution in [3.05, 3.63) is 29.6 Å². The molecule has 0 aromatic carbocycles.